The third-order valence-electron chi connectivity index (χ3n) is 3.17. The number of benzene rings is 1. The first-order valence-corrected chi connectivity index (χ1v) is 6.05. The van der Waals surface area contributed by atoms with Crippen LogP contribution in [0.25, 0.3) is 0 Å². The number of nitrogens with zero attached hydrogens (tertiary/aromatic N) is 2. The van der Waals surface area contributed by atoms with Gasteiger partial charge >= 0.3 is 6.18 Å². The fourth-order valence-corrected chi connectivity index (χ4v) is 2.17. The first-order valence-electron chi connectivity index (χ1n) is 6.05. The molecular formula is C12H16BF3N2. The van der Waals surface area contributed by atoms with Gasteiger partial charge in [0.2, 0.25) is 0 Å². The molecule has 2 rings (SSSR count). The van der Waals surface area contributed by atoms with Gasteiger partial charge < -0.3 is 4.90 Å². The highest BCUT2D eigenvalue weighted by molar-refractivity contribution is 6.32. The van der Waals surface area contributed by atoms with Crippen LogP contribution in [0.15, 0.2) is 24.3 Å². The first kappa shape index (κ1) is 13.3. The summed E-state index contributed by atoms with van der Waals surface area (Å²) in [6.07, 6.45) is -4.09. The van der Waals surface area contributed by atoms with E-state index in [1.807, 2.05) is 32.1 Å². The molecule has 1 aromatic carbocycles. The minimum absolute atomic E-state index is 0.466. The van der Waals surface area contributed by atoms with E-state index in [1.54, 1.807) is 0 Å². The molecule has 6 heteroatoms. The van der Waals surface area contributed by atoms with Crippen LogP contribution in [0.1, 0.15) is 0 Å². The second-order valence-electron chi connectivity index (χ2n) is 4.71. The Morgan fingerprint density at radius 3 is 2.06 bits per heavy atom. The van der Waals surface area contributed by atoms with Crippen molar-refractivity contribution in [3.05, 3.63) is 24.3 Å². The van der Waals surface area contributed by atoms with E-state index in [9.17, 15) is 13.2 Å². The Morgan fingerprint density at radius 1 is 1.00 bits per heavy atom. The van der Waals surface area contributed by atoms with E-state index in [-0.39, 0.29) is 0 Å². The van der Waals surface area contributed by atoms with Gasteiger partial charge in [-0.1, -0.05) is 17.6 Å². The molecule has 0 N–H and O–H groups in total. The summed E-state index contributed by atoms with van der Waals surface area (Å²) in [5.41, 5.74) is 2.28. The Labute approximate surface area is 106 Å². The van der Waals surface area contributed by atoms with Crippen LogP contribution in [0.4, 0.5) is 18.9 Å². The third-order valence-corrected chi connectivity index (χ3v) is 3.17. The number of anilines is 1. The second kappa shape index (κ2) is 5.22. The molecule has 1 fully saturated rings. The molecule has 0 spiro atoms. The summed E-state index contributed by atoms with van der Waals surface area (Å²) in [6, 6.07) is 8.10. The summed E-state index contributed by atoms with van der Waals surface area (Å²) >= 11 is 0. The van der Waals surface area contributed by atoms with Crippen molar-refractivity contribution < 1.29 is 13.2 Å². The molecule has 18 heavy (non-hydrogen) atoms. The van der Waals surface area contributed by atoms with Gasteiger partial charge in [-0.2, -0.15) is 13.2 Å². The van der Waals surface area contributed by atoms with Gasteiger partial charge in [0.15, 0.2) is 0 Å². The molecule has 98 valence electrons. The highest BCUT2D eigenvalue weighted by Crippen LogP contribution is 2.19. The number of hydrogen-bond donors (Lipinski definition) is 0. The summed E-state index contributed by atoms with van der Waals surface area (Å²) < 4.78 is 36.7. The lowest BCUT2D eigenvalue weighted by Crippen LogP contribution is -2.49. The summed E-state index contributed by atoms with van der Waals surface area (Å²) in [5, 5.41) is 0. The van der Waals surface area contributed by atoms with E-state index in [2.05, 4.69) is 4.90 Å². The zero-order chi connectivity index (χ0) is 13.2. The molecule has 0 amide bonds. The summed E-state index contributed by atoms with van der Waals surface area (Å²) in [7, 11) is 2.02. The fraction of sp³-hybridized carbons (Fsp3) is 0.500. The van der Waals surface area contributed by atoms with E-state index in [0.717, 1.165) is 5.69 Å². The van der Waals surface area contributed by atoms with Gasteiger partial charge in [-0.25, -0.2) is 0 Å². The van der Waals surface area contributed by atoms with Crippen LogP contribution < -0.4 is 10.4 Å². The molecule has 0 radical (unpaired) electrons. The Balaban J connectivity index is 1.88. The van der Waals surface area contributed by atoms with E-state index in [0.29, 0.717) is 26.2 Å². The summed E-state index contributed by atoms with van der Waals surface area (Å²) in [4.78, 5) is 3.59. The van der Waals surface area contributed by atoms with Gasteiger partial charge in [-0.05, 0) is 12.1 Å². The van der Waals surface area contributed by atoms with Crippen molar-refractivity contribution in [3.63, 3.8) is 0 Å². The van der Waals surface area contributed by atoms with Crippen LogP contribution in [-0.4, -0.2) is 51.6 Å². The minimum atomic E-state index is -4.09. The molecule has 1 aliphatic rings. The largest absolute Gasteiger partial charge is 0.401 e. The van der Waals surface area contributed by atoms with Crippen molar-refractivity contribution in [3.8, 4) is 0 Å². The van der Waals surface area contributed by atoms with Crippen molar-refractivity contribution in [2.24, 2.45) is 0 Å². The standard InChI is InChI=1S/C12H16BF3N2/c13-10-1-3-11(4-2-10)18-7-5-17(6-8-18)9-12(14,15)16/h1-4H,5-9,13H2. The quantitative estimate of drug-likeness (QED) is 0.716. The molecule has 0 atom stereocenters. The van der Waals surface area contributed by atoms with Crippen LogP contribution in [0.5, 0.6) is 0 Å². The van der Waals surface area contributed by atoms with Crippen molar-refractivity contribution in [1.82, 2.24) is 4.90 Å². The van der Waals surface area contributed by atoms with Crippen molar-refractivity contribution >= 4 is 19.0 Å². The monoisotopic (exact) mass is 256 g/mol. The maximum Gasteiger partial charge on any atom is 0.401 e. The van der Waals surface area contributed by atoms with Crippen LogP contribution in [0, 0.1) is 0 Å². The first-order chi connectivity index (χ1) is 8.44. The maximum atomic E-state index is 12.2. The molecule has 1 saturated heterocycles. The number of hydrogen-bond acceptors (Lipinski definition) is 2. The van der Waals surface area contributed by atoms with E-state index >= 15 is 0 Å². The molecule has 1 aromatic rings. The highest BCUT2D eigenvalue weighted by Gasteiger charge is 2.32. The van der Waals surface area contributed by atoms with Crippen molar-refractivity contribution in [2.75, 3.05) is 37.6 Å². The summed E-state index contributed by atoms with van der Waals surface area (Å²) in [6.45, 7) is 1.44. The number of piperazine rings is 1. The third kappa shape index (κ3) is 3.66. The lowest BCUT2D eigenvalue weighted by molar-refractivity contribution is -0.146. The number of alkyl halides is 3. The van der Waals surface area contributed by atoms with Gasteiger partial charge in [0.05, 0.1) is 6.54 Å². The van der Waals surface area contributed by atoms with Crippen LogP contribution in [-0.2, 0) is 0 Å². The van der Waals surface area contributed by atoms with Crippen LogP contribution in [0.2, 0.25) is 0 Å². The van der Waals surface area contributed by atoms with Crippen molar-refractivity contribution in [1.29, 1.82) is 0 Å². The molecule has 0 aliphatic carbocycles. The summed E-state index contributed by atoms with van der Waals surface area (Å²) in [5.74, 6) is 0. The topological polar surface area (TPSA) is 6.48 Å². The molecule has 0 aromatic heterocycles. The smallest absolute Gasteiger partial charge is 0.369 e. The Hall–Kier alpha value is -1.17. The fourth-order valence-electron chi connectivity index (χ4n) is 2.17. The van der Waals surface area contributed by atoms with Crippen LogP contribution in [0.3, 0.4) is 0 Å². The average molecular weight is 256 g/mol. The molecule has 2 nitrogen and oxygen atoms in total. The lowest BCUT2D eigenvalue weighted by atomic mass is 9.96. The molecular weight excluding hydrogens is 240 g/mol. The second-order valence-corrected chi connectivity index (χ2v) is 4.71. The van der Waals surface area contributed by atoms with Crippen LogP contribution >= 0.6 is 0 Å². The predicted octanol–water partition coefficient (Wildman–Crippen LogP) is 0.629. The zero-order valence-corrected chi connectivity index (χ0v) is 10.4. The highest BCUT2D eigenvalue weighted by atomic mass is 19.4. The zero-order valence-electron chi connectivity index (χ0n) is 10.4. The molecule has 1 aliphatic heterocycles. The van der Waals surface area contributed by atoms with Gasteiger partial charge in [-0.3, -0.25) is 4.90 Å². The Kier molecular flexibility index (Phi) is 3.85. The van der Waals surface area contributed by atoms with E-state index in [1.165, 1.54) is 10.4 Å². The molecule has 1 heterocycles. The van der Waals surface area contributed by atoms with Crippen molar-refractivity contribution in [2.45, 2.75) is 6.18 Å². The number of halogens is 3. The van der Waals surface area contributed by atoms with E-state index < -0.39 is 12.7 Å². The van der Waals surface area contributed by atoms with Gasteiger partial charge in [0.1, 0.15) is 7.85 Å². The Bertz CT molecular complexity index is 383. The average Bonchev–Trinajstić information content (AvgIpc) is 2.29. The van der Waals surface area contributed by atoms with E-state index in [4.69, 9.17) is 0 Å². The van der Waals surface area contributed by atoms with Gasteiger partial charge in [0.25, 0.3) is 0 Å². The maximum absolute atomic E-state index is 12.2. The number of rotatable bonds is 2. The normalized spacial score (nSPS) is 18.1. The Morgan fingerprint density at radius 2 is 1.56 bits per heavy atom. The minimum Gasteiger partial charge on any atom is -0.369 e. The molecule has 0 saturated carbocycles. The molecule has 0 bridgehead atoms. The SMILES string of the molecule is Bc1ccc(N2CCN(CC(F)(F)F)CC2)cc1. The molecule has 0 unspecified atom stereocenters. The van der Waals surface area contributed by atoms with Gasteiger partial charge in [-0.15, -0.1) is 0 Å². The lowest BCUT2D eigenvalue weighted by Gasteiger charge is -2.36. The van der Waals surface area contributed by atoms with Gasteiger partial charge in [0, 0.05) is 31.9 Å². The predicted molar refractivity (Wildman–Crippen MR) is 69.3 cm³/mol.